The molecule has 0 aliphatic rings. The van der Waals surface area contributed by atoms with Crippen LogP contribution in [0.5, 0.6) is 0 Å². The van der Waals surface area contributed by atoms with E-state index in [0.29, 0.717) is 0 Å². The van der Waals surface area contributed by atoms with Crippen LogP contribution in [0.25, 0.3) is 0 Å². The van der Waals surface area contributed by atoms with Gasteiger partial charge in [0, 0.05) is 5.92 Å². The Hall–Kier alpha value is -1.63. The van der Waals surface area contributed by atoms with E-state index in [0.717, 1.165) is 12.0 Å². The molecular weight excluding hydrogens is 199 g/mol. The molecule has 16 heavy (non-hydrogen) atoms. The van der Waals surface area contributed by atoms with E-state index in [9.17, 15) is 4.39 Å². The van der Waals surface area contributed by atoms with Gasteiger partial charge in [-0.3, -0.25) is 4.39 Å². The minimum absolute atomic E-state index is 0.0244. The summed E-state index contributed by atoms with van der Waals surface area (Å²) < 4.78 is 13.0. The summed E-state index contributed by atoms with van der Waals surface area (Å²) in [5.41, 5.74) is 2.27. The van der Waals surface area contributed by atoms with E-state index >= 15 is 0 Å². The first-order chi connectivity index (χ1) is 7.90. The summed E-state index contributed by atoms with van der Waals surface area (Å²) in [6, 6.07) is 19.9. The summed E-state index contributed by atoms with van der Waals surface area (Å²) in [6.07, 6.45) is 0.765. The maximum Gasteiger partial charge on any atom is 0.0966 e. The lowest BCUT2D eigenvalue weighted by Gasteiger charge is -2.13. The molecule has 2 aromatic carbocycles. The molecule has 0 saturated carbocycles. The average Bonchev–Trinajstić information content (AvgIpc) is 2.38. The molecule has 2 rings (SSSR count). The van der Waals surface area contributed by atoms with Crippen molar-refractivity contribution in [1.82, 2.24) is 0 Å². The van der Waals surface area contributed by atoms with Crippen LogP contribution < -0.4 is 0 Å². The highest BCUT2D eigenvalue weighted by molar-refractivity contribution is 5.24. The fourth-order valence-corrected chi connectivity index (χ4v) is 1.89. The predicted molar refractivity (Wildman–Crippen MR) is 65.3 cm³/mol. The molecule has 0 aliphatic heterocycles. The normalized spacial score (nSPS) is 12.3. The SMILES string of the molecule is FCC(Cc1ccccc1)c1ccccc1. The molecule has 1 heteroatoms. The minimum Gasteiger partial charge on any atom is -0.250 e. The van der Waals surface area contributed by atoms with Crippen molar-refractivity contribution in [1.29, 1.82) is 0 Å². The largest absolute Gasteiger partial charge is 0.250 e. The van der Waals surface area contributed by atoms with Crippen LogP contribution in [0.15, 0.2) is 60.7 Å². The highest BCUT2D eigenvalue weighted by Gasteiger charge is 2.11. The monoisotopic (exact) mass is 214 g/mol. The lowest BCUT2D eigenvalue weighted by Crippen LogP contribution is -2.04. The fraction of sp³-hybridized carbons (Fsp3) is 0.200. The van der Waals surface area contributed by atoms with Gasteiger partial charge < -0.3 is 0 Å². The van der Waals surface area contributed by atoms with E-state index < -0.39 is 0 Å². The zero-order chi connectivity index (χ0) is 11.2. The van der Waals surface area contributed by atoms with E-state index in [-0.39, 0.29) is 12.6 Å². The Morgan fingerprint density at radius 1 is 0.812 bits per heavy atom. The number of hydrogen-bond acceptors (Lipinski definition) is 0. The molecule has 0 spiro atoms. The molecule has 1 atom stereocenters. The predicted octanol–water partition coefficient (Wildman–Crippen LogP) is 3.98. The van der Waals surface area contributed by atoms with Crippen LogP contribution >= 0.6 is 0 Å². The van der Waals surface area contributed by atoms with Crippen molar-refractivity contribution >= 4 is 0 Å². The Morgan fingerprint density at radius 2 is 1.38 bits per heavy atom. The van der Waals surface area contributed by atoms with Gasteiger partial charge in [0.1, 0.15) is 0 Å². The summed E-state index contributed by atoms with van der Waals surface area (Å²) in [5, 5.41) is 0. The molecule has 0 aliphatic carbocycles. The van der Waals surface area contributed by atoms with E-state index in [1.54, 1.807) is 0 Å². The van der Waals surface area contributed by atoms with E-state index in [2.05, 4.69) is 0 Å². The van der Waals surface area contributed by atoms with Crippen molar-refractivity contribution in [2.45, 2.75) is 12.3 Å². The molecule has 0 amide bonds. The van der Waals surface area contributed by atoms with Crippen LogP contribution in [0.1, 0.15) is 17.0 Å². The second kappa shape index (κ2) is 5.45. The van der Waals surface area contributed by atoms with Crippen molar-refractivity contribution in [2.24, 2.45) is 0 Å². The Kier molecular flexibility index (Phi) is 3.71. The molecule has 0 fully saturated rings. The third kappa shape index (κ3) is 2.69. The van der Waals surface area contributed by atoms with Gasteiger partial charge in [-0.2, -0.15) is 0 Å². The first-order valence-electron chi connectivity index (χ1n) is 5.55. The van der Waals surface area contributed by atoms with Gasteiger partial charge in [0.2, 0.25) is 0 Å². The summed E-state index contributed by atoms with van der Waals surface area (Å²) >= 11 is 0. The van der Waals surface area contributed by atoms with Gasteiger partial charge in [-0.15, -0.1) is 0 Å². The van der Waals surface area contributed by atoms with E-state index in [1.165, 1.54) is 5.56 Å². The zero-order valence-corrected chi connectivity index (χ0v) is 9.14. The van der Waals surface area contributed by atoms with Gasteiger partial charge in [0.05, 0.1) is 6.67 Å². The first-order valence-corrected chi connectivity index (χ1v) is 5.55. The lowest BCUT2D eigenvalue weighted by atomic mass is 9.93. The molecule has 0 bridgehead atoms. The first kappa shape index (κ1) is 10.9. The summed E-state index contributed by atoms with van der Waals surface area (Å²) in [5.74, 6) is -0.0244. The fourth-order valence-electron chi connectivity index (χ4n) is 1.89. The van der Waals surface area contributed by atoms with Crippen LogP contribution in [0.4, 0.5) is 4.39 Å². The summed E-state index contributed by atoms with van der Waals surface area (Å²) in [7, 11) is 0. The standard InChI is InChI=1S/C15H15F/c16-12-15(14-9-5-2-6-10-14)11-13-7-3-1-4-8-13/h1-10,15H,11-12H2. The molecule has 0 saturated heterocycles. The summed E-state index contributed by atoms with van der Waals surface area (Å²) in [4.78, 5) is 0. The van der Waals surface area contributed by atoms with Crippen LogP contribution in [0.2, 0.25) is 0 Å². The Balaban J connectivity index is 2.13. The van der Waals surface area contributed by atoms with Crippen LogP contribution in [0.3, 0.4) is 0 Å². The quantitative estimate of drug-likeness (QED) is 0.722. The summed E-state index contributed by atoms with van der Waals surface area (Å²) in [6.45, 7) is -0.307. The van der Waals surface area contributed by atoms with Gasteiger partial charge in [0.15, 0.2) is 0 Å². The highest BCUT2D eigenvalue weighted by Crippen LogP contribution is 2.21. The smallest absolute Gasteiger partial charge is 0.0966 e. The molecule has 0 N–H and O–H groups in total. The minimum atomic E-state index is -0.307. The van der Waals surface area contributed by atoms with Crippen LogP contribution in [-0.2, 0) is 6.42 Å². The molecule has 0 radical (unpaired) electrons. The van der Waals surface area contributed by atoms with Crippen molar-refractivity contribution < 1.29 is 4.39 Å². The molecule has 0 aromatic heterocycles. The Labute approximate surface area is 95.7 Å². The molecular formula is C15H15F. The van der Waals surface area contributed by atoms with Gasteiger partial charge in [0.25, 0.3) is 0 Å². The molecule has 1 unspecified atom stereocenters. The third-order valence-corrected chi connectivity index (χ3v) is 2.78. The van der Waals surface area contributed by atoms with Crippen molar-refractivity contribution in [3.8, 4) is 0 Å². The average molecular weight is 214 g/mol. The van der Waals surface area contributed by atoms with E-state index in [4.69, 9.17) is 0 Å². The third-order valence-electron chi connectivity index (χ3n) is 2.78. The van der Waals surface area contributed by atoms with Gasteiger partial charge >= 0.3 is 0 Å². The molecule has 0 heterocycles. The lowest BCUT2D eigenvalue weighted by molar-refractivity contribution is 0.428. The van der Waals surface area contributed by atoms with Gasteiger partial charge in [-0.1, -0.05) is 60.7 Å². The van der Waals surface area contributed by atoms with Crippen molar-refractivity contribution in [3.63, 3.8) is 0 Å². The second-order valence-electron chi connectivity index (χ2n) is 3.95. The molecule has 82 valence electrons. The Morgan fingerprint density at radius 3 is 1.94 bits per heavy atom. The number of hydrogen-bond donors (Lipinski definition) is 0. The number of rotatable bonds is 4. The molecule has 0 nitrogen and oxygen atoms in total. The van der Waals surface area contributed by atoms with Gasteiger partial charge in [-0.25, -0.2) is 0 Å². The van der Waals surface area contributed by atoms with Gasteiger partial charge in [-0.05, 0) is 17.5 Å². The van der Waals surface area contributed by atoms with Crippen LogP contribution in [-0.4, -0.2) is 6.67 Å². The zero-order valence-electron chi connectivity index (χ0n) is 9.14. The number of benzene rings is 2. The Bertz CT molecular complexity index is 408. The molecule has 2 aromatic rings. The van der Waals surface area contributed by atoms with Crippen LogP contribution in [0, 0.1) is 0 Å². The number of alkyl halides is 1. The maximum atomic E-state index is 13.0. The second-order valence-corrected chi connectivity index (χ2v) is 3.95. The maximum absolute atomic E-state index is 13.0. The highest BCUT2D eigenvalue weighted by atomic mass is 19.1. The van der Waals surface area contributed by atoms with Crippen molar-refractivity contribution in [2.75, 3.05) is 6.67 Å². The number of halogens is 1. The van der Waals surface area contributed by atoms with Crippen molar-refractivity contribution in [3.05, 3.63) is 71.8 Å². The van der Waals surface area contributed by atoms with E-state index in [1.807, 2.05) is 60.7 Å². The topological polar surface area (TPSA) is 0 Å².